The molecule has 0 aromatic carbocycles. The molecule has 6 nitrogen and oxygen atoms in total. The Labute approximate surface area is 79.2 Å². The van der Waals surface area contributed by atoms with Crippen LogP contribution >= 0.6 is 0 Å². The summed E-state index contributed by atoms with van der Waals surface area (Å²) in [5.74, 6) is 0.120. The van der Waals surface area contributed by atoms with Crippen LogP contribution in [-0.2, 0) is 7.05 Å². The second-order valence-electron chi connectivity index (χ2n) is 2.53. The summed E-state index contributed by atoms with van der Waals surface area (Å²) < 4.78 is 1.65. The number of imidazole rings is 1. The van der Waals surface area contributed by atoms with Gasteiger partial charge in [-0.3, -0.25) is 9.78 Å². The number of H-pyrrole nitrogens is 2. The molecule has 0 amide bonds. The zero-order valence-electron chi connectivity index (χ0n) is 6.84. The molecule has 7 heteroatoms. The molecule has 0 aliphatic carbocycles. The molecule has 0 aliphatic heterocycles. The van der Waals surface area contributed by atoms with Gasteiger partial charge in [-0.05, 0) is 0 Å². The number of hydrogen-bond acceptors (Lipinski definition) is 3. The lowest BCUT2D eigenvalue weighted by Gasteiger charge is -1.88. The Kier molecular flexibility index (Phi) is 2.24. The maximum absolute atomic E-state index is 11.3. The van der Waals surface area contributed by atoms with Gasteiger partial charge in [0.25, 0.3) is 11.2 Å². The first-order valence-electron chi connectivity index (χ1n) is 3.41. The van der Waals surface area contributed by atoms with E-state index in [1.165, 1.54) is 0 Å². The first-order valence-corrected chi connectivity index (χ1v) is 3.41. The number of nitrogen functional groups attached to an aromatic ring is 1. The van der Waals surface area contributed by atoms with Crippen LogP contribution in [0.15, 0.2) is 11.1 Å². The van der Waals surface area contributed by atoms with E-state index in [2.05, 4.69) is 15.0 Å². The molecule has 0 spiro atoms. The third kappa shape index (κ3) is 1.35. The fourth-order valence-corrected chi connectivity index (χ4v) is 1.13. The summed E-state index contributed by atoms with van der Waals surface area (Å²) in [6.07, 6.45) is 1.65. The Morgan fingerprint density at radius 1 is 1.62 bits per heavy atom. The number of aromatic nitrogens is 4. The summed E-state index contributed by atoms with van der Waals surface area (Å²) in [7, 11) is 1.76. The van der Waals surface area contributed by atoms with Crippen molar-refractivity contribution in [3.8, 4) is 0 Å². The quantitative estimate of drug-likeness (QED) is 0.377. The van der Waals surface area contributed by atoms with Crippen LogP contribution in [0.4, 0.5) is 5.95 Å². The molecule has 0 unspecified atom stereocenters. The highest BCUT2D eigenvalue weighted by atomic mass is 35.5. The summed E-state index contributed by atoms with van der Waals surface area (Å²) in [5, 5.41) is 0. The number of rotatable bonds is 0. The summed E-state index contributed by atoms with van der Waals surface area (Å²) in [5.41, 5.74) is 6.09. The van der Waals surface area contributed by atoms with Crippen molar-refractivity contribution < 1.29 is 17.0 Å². The van der Waals surface area contributed by atoms with Crippen LogP contribution in [0.25, 0.3) is 11.2 Å². The van der Waals surface area contributed by atoms with Gasteiger partial charge in [0.1, 0.15) is 0 Å². The molecule has 0 radical (unpaired) electrons. The fourth-order valence-electron chi connectivity index (χ4n) is 1.13. The second kappa shape index (κ2) is 3.06. The highest BCUT2D eigenvalue weighted by Gasteiger charge is 2.12. The van der Waals surface area contributed by atoms with Gasteiger partial charge >= 0.3 is 5.56 Å². The van der Waals surface area contributed by atoms with Crippen molar-refractivity contribution in [2.75, 3.05) is 5.73 Å². The minimum absolute atomic E-state index is 0. The minimum atomic E-state index is -0.235. The van der Waals surface area contributed by atoms with Crippen LogP contribution < -0.4 is 28.3 Å². The Morgan fingerprint density at radius 2 is 2.31 bits per heavy atom. The number of halogens is 1. The third-order valence-electron chi connectivity index (χ3n) is 1.66. The van der Waals surface area contributed by atoms with Gasteiger partial charge in [0.2, 0.25) is 12.3 Å². The van der Waals surface area contributed by atoms with Gasteiger partial charge in [0, 0.05) is 0 Å². The molecule has 0 fully saturated rings. The highest BCUT2D eigenvalue weighted by molar-refractivity contribution is 5.65. The van der Waals surface area contributed by atoms with Crippen molar-refractivity contribution in [2.24, 2.45) is 7.05 Å². The average molecular weight is 202 g/mol. The first-order chi connectivity index (χ1) is 5.68. The first kappa shape index (κ1) is 9.53. The molecule has 4 N–H and O–H groups in total. The normalized spacial score (nSPS) is 9.92. The van der Waals surface area contributed by atoms with Crippen LogP contribution in [0.3, 0.4) is 0 Å². The number of aromatic amines is 2. The van der Waals surface area contributed by atoms with Gasteiger partial charge < -0.3 is 18.1 Å². The van der Waals surface area contributed by atoms with Crippen LogP contribution in [0, 0.1) is 0 Å². The lowest BCUT2D eigenvalue weighted by molar-refractivity contribution is -0.645. The summed E-state index contributed by atoms with van der Waals surface area (Å²) in [6.45, 7) is 0. The predicted molar refractivity (Wildman–Crippen MR) is 42.3 cm³/mol. The fraction of sp³-hybridized carbons (Fsp3) is 0.167. The standard InChI is InChI=1S/C6H7N5O.ClH/c1-11-2-8-4-3(11)5(12)10-6(7)9-4;/h2H,1H3,(H3,7,9,10,12);1H. The number of anilines is 1. The van der Waals surface area contributed by atoms with Gasteiger partial charge in [-0.2, -0.15) is 4.98 Å². The average Bonchev–Trinajstić information content (AvgIpc) is 2.31. The molecule has 0 bridgehead atoms. The molecule has 2 rings (SSSR count). The SMILES string of the molecule is C[n+]1c[nH]c2nc(N)[nH]c(=O)c21.[Cl-]. The van der Waals surface area contributed by atoms with Crippen molar-refractivity contribution >= 4 is 17.1 Å². The largest absolute Gasteiger partial charge is 1.00 e. The number of fused-ring (bicyclic) bond motifs is 1. The maximum Gasteiger partial charge on any atom is 0.304 e. The van der Waals surface area contributed by atoms with E-state index < -0.39 is 0 Å². The van der Waals surface area contributed by atoms with E-state index in [4.69, 9.17) is 5.73 Å². The van der Waals surface area contributed by atoms with Gasteiger partial charge in [0.15, 0.2) is 0 Å². The molecular formula is C6H8ClN5O. The molecule has 13 heavy (non-hydrogen) atoms. The number of nitrogens with one attached hydrogen (secondary N) is 2. The Morgan fingerprint density at radius 3 is 3.00 bits per heavy atom. The van der Waals surface area contributed by atoms with Crippen LogP contribution in [0.5, 0.6) is 0 Å². The van der Waals surface area contributed by atoms with Crippen molar-refractivity contribution in [1.29, 1.82) is 0 Å². The Hall–Kier alpha value is -1.56. The monoisotopic (exact) mass is 201 g/mol. The Balaban J connectivity index is 0.000000845. The molecule has 0 saturated heterocycles. The summed E-state index contributed by atoms with van der Waals surface area (Å²) in [6, 6.07) is 0. The zero-order chi connectivity index (χ0) is 8.72. The zero-order valence-corrected chi connectivity index (χ0v) is 7.59. The van der Waals surface area contributed by atoms with Crippen molar-refractivity contribution in [2.45, 2.75) is 0 Å². The van der Waals surface area contributed by atoms with Crippen molar-refractivity contribution in [1.82, 2.24) is 15.0 Å². The maximum atomic E-state index is 11.3. The predicted octanol–water partition coefficient (Wildman–Crippen LogP) is -4.34. The summed E-state index contributed by atoms with van der Waals surface area (Å²) >= 11 is 0. The van der Waals surface area contributed by atoms with Crippen LogP contribution in [-0.4, -0.2) is 15.0 Å². The molecule has 2 aromatic heterocycles. The number of nitrogens with zero attached hydrogens (tertiary/aromatic N) is 2. The lowest BCUT2D eigenvalue weighted by Crippen LogP contribution is -3.00. The number of hydrogen-bond donors (Lipinski definition) is 3. The van der Waals surface area contributed by atoms with E-state index in [-0.39, 0.29) is 23.9 Å². The van der Waals surface area contributed by atoms with Crippen LogP contribution in [0.1, 0.15) is 0 Å². The molecular weight excluding hydrogens is 194 g/mol. The van der Waals surface area contributed by atoms with E-state index in [1.54, 1.807) is 17.9 Å². The van der Waals surface area contributed by atoms with E-state index >= 15 is 0 Å². The molecule has 0 saturated carbocycles. The molecule has 0 aliphatic rings. The second-order valence-corrected chi connectivity index (χ2v) is 2.53. The summed E-state index contributed by atoms with van der Waals surface area (Å²) in [4.78, 5) is 20.4. The molecule has 0 atom stereocenters. The molecule has 2 heterocycles. The van der Waals surface area contributed by atoms with Gasteiger partial charge in [-0.15, -0.1) is 0 Å². The third-order valence-corrected chi connectivity index (χ3v) is 1.66. The number of nitrogens with two attached hydrogens (primary N) is 1. The van der Waals surface area contributed by atoms with E-state index in [0.717, 1.165) is 0 Å². The smallest absolute Gasteiger partial charge is 0.304 e. The Bertz CT molecular complexity index is 487. The highest BCUT2D eigenvalue weighted by Crippen LogP contribution is 1.96. The lowest BCUT2D eigenvalue weighted by atomic mass is 10.5. The van der Waals surface area contributed by atoms with Crippen molar-refractivity contribution in [3.05, 3.63) is 16.7 Å². The molecule has 70 valence electrons. The van der Waals surface area contributed by atoms with E-state index in [1.807, 2.05) is 0 Å². The van der Waals surface area contributed by atoms with Gasteiger partial charge in [-0.1, -0.05) is 0 Å². The topological polar surface area (TPSA) is 91.4 Å². The van der Waals surface area contributed by atoms with Crippen LogP contribution in [0.2, 0.25) is 0 Å². The van der Waals surface area contributed by atoms with E-state index in [0.29, 0.717) is 11.2 Å². The minimum Gasteiger partial charge on any atom is -1.00 e. The van der Waals surface area contributed by atoms with E-state index in [9.17, 15) is 4.79 Å². The van der Waals surface area contributed by atoms with Crippen molar-refractivity contribution in [3.63, 3.8) is 0 Å². The van der Waals surface area contributed by atoms with Gasteiger partial charge in [0.05, 0.1) is 7.05 Å². The molecule has 2 aromatic rings. The number of aryl methyl sites for hydroxylation is 1. The van der Waals surface area contributed by atoms with Gasteiger partial charge in [-0.25, -0.2) is 9.55 Å².